The number of pyridine rings is 1. The molecule has 0 radical (unpaired) electrons. The molecule has 92 valence electrons. The fourth-order valence-corrected chi connectivity index (χ4v) is 1.45. The van der Waals surface area contributed by atoms with Gasteiger partial charge in [0.2, 0.25) is 0 Å². The van der Waals surface area contributed by atoms with E-state index in [4.69, 9.17) is 10.9 Å². The van der Waals surface area contributed by atoms with Crippen molar-refractivity contribution in [3.63, 3.8) is 0 Å². The summed E-state index contributed by atoms with van der Waals surface area (Å²) in [7, 11) is 0. The van der Waals surface area contributed by atoms with Gasteiger partial charge in [-0.2, -0.15) is 0 Å². The van der Waals surface area contributed by atoms with E-state index in [1.165, 1.54) is 6.20 Å². The molecule has 1 amide bonds. The number of carbonyl (C=O) groups excluding carboxylic acids is 1. The largest absolute Gasteiger partial charge is 0.409 e. The van der Waals surface area contributed by atoms with Gasteiger partial charge in [0.25, 0.3) is 5.91 Å². The number of hydrogen-bond donors (Lipinski definition) is 3. The number of amidine groups is 1. The van der Waals surface area contributed by atoms with Gasteiger partial charge in [-0.3, -0.25) is 9.78 Å². The van der Waals surface area contributed by atoms with Crippen LogP contribution >= 0.6 is 15.9 Å². The highest BCUT2D eigenvalue weighted by Gasteiger charge is 2.26. The molecule has 0 spiro atoms. The second-order valence-electron chi connectivity index (χ2n) is 3.96. The maximum Gasteiger partial charge on any atom is 0.253 e. The molecule has 0 saturated carbocycles. The van der Waals surface area contributed by atoms with Crippen molar-refractivity contribution in [3.8, 4) is 0 Å². The lowest BCUT2D eigenvalue weighted by Crippen LogP contribution is -2.53. The first-order valence-electron chi connectivity index (χ1n) is 4.78. The van der Waals surface area contributed by atoms with Gasteiger partial charge in [0, 0.05) is 16.9 Å². The van der Waals surface area contributed by atoms with Crippen molar-refractivity contribution in [3.05, 3.63) is 28.5 Å². The summed E-state index contributed by atoms with van der Waals surface area (Å²) in [6.07, 6.45) is 3.01. The van der Waals surface area contributed by atoms with E-state index in [0.717, 1.165) is 0 Å². The fraction of sp³-hybridized carbons (Fsp3) is 0.300. The van der Waals surface area contributed by atoms with Crippen LogP contribution in [0.2, 0.25) is 0 Å². The molecule has 6 nitrogen and oxygen atoms in total. The molecular weight excluding hydrogens is 288 g/mol. The maximum absolute atomic E-state index is 11.9. The van der Waals surface area contributed by atoms with E-state index in [2.05, 4.69) is 31.4 Å². The van der Waals surface area contributed by atoms with Gasteiger partial charge >= 0.3 is 0 Å². The molecule has 0 saturated heterocycles. The molecule has 0 fully saturated rings. The number of amides is 1. The second kappa shape index (κ2) is 5.13. The number of nitrogens with one attached hydrogen (secondary N) is 1. The van der Waals surface area contributed by atoms with Crippen LogP contribution in [-0.4, -0.2) is 27.5 Å². The van der Waals surface area contributed by atoms with Crippen LogP contribution in [0.1, 0.15) is 24.2 Å². The highest BCUT2D eigenvalue weighted by atomic mass is 79.9. The third kappa shape index (κ3) is 3.42. The van der Waals surface area contributed by atoms with Crippen molar-refractivity contribution < 1.29 is 10.0 Å². The number of oxime groups is 1. The van der Waals surface area contributed by atoms with Crippen LogP contribution in [0.5, 0.6) is 0 Å². The summed E-state index contributed by atoms with van der Waals surface area (Å²) in [5.41, 5.74) is 4.92. The highest BCUT2D eigenvalue weighted by molar-refractivity contribution is 9.10. The number of halogens is 1. The SMILES string of the molecule is CC(C)(NC(=O)c1cncc(Br)c1)/C(N)=N/O. The fourth-order valence-electron chi connectivity index (χ4n) is 1.08. The first-order chi connectivity index (χ1) is 7.86. The lowest BCUT2D eigenvalue weighted by molar-refractivity contribution is 0.0930. The molecule has 0 unspecified atom stereocenters. The quantitative estimate of drug-likeness (QED) is 0.337. The Morgan fingerprint density at radius 2 is 2.24 bits per heavy atom. The van der Waals surface area contributed by atoms with Gasteiger partial charge < -0.3 is 16.3 Å². The summed E-state index contributed by atoms with van der Waals surface area (Å²) in [6, 6.07) is 1.63. The first-order valence-corrected chi connectivity index (χ1v) is 5.57. The summed E-state index contributed by atoms with van der Waals surface area (Å²) in [4.78, 5) is 15.8. The zero-order valence-corrected chi connectivity index (χ0v) is 11.0. The number of carbonyl (C=O) groups is 1. The Balaban J connectivity index is 2.87. The molecule has 1 rings (SSSR count). The zero-order valence-electron chi connectivity index (χ0n) is 9.44. The minimum Gasteiger partial charge on any atom is -0.409 e. The Morgan fingerprint density at radius 1 is 1.59 bits per heavy atom. The molecule has 1 aromatic heterocycles. The lowest BCUT2D eigenvalue weighted by Gasteiger charge is -2.24. The number of nitrogens with zero attached hydrogens (tertiary/aromatic N) is 2. The predicted octanol–water partition coefficient (Wildman–Crippen LogP) is 1.10. The zero-order chi connectivity index (χ0) is 13.1. The maximum atomic E-state index is 11.9. The van der Waals surface area contributed by atoms with Crippen molar-refractivity contribution in [1.82, 2.24) is 10.3 Å². The van der Waals surface area contributed by atoms with Crippen molar-refractivity contribution in [2.75, 3.05) is 0 Å². The van der Waals surface area contributed by atoms with Crippen molar-refractivity contribution in [2.45, 2.75) is 19.4 Å². The third-order valence-corrected chi connectivity index (χ3v) is 2.57. The van der Waals surface area contributed by atoms with Crippen LogP contribution in [0, 0.1) is 0 Å². The van der Waals surface area contributed by atoms with E-state index in [1.807, 2.05) is 0 Å². The van der Waals surface area contributed by atoms with Gasteiger partial charge in [0.1, 0.15) is 0 Å². The van der Waals surface area contributed by atoms with E-state index >= 15 is 0 Å². The van der Waals surface area contributed by atoms with Crippen molar-refractivity contribution >= 4 is 27.7 Å². The van der Waals surface area contributed by atoms with Crippen LogP contribution < -0.4 is 11.1 Å². The first kappa shape index (κ1) is 13.4. The standard InChI is InChI=1S/C10H13BrN4O2/c1-10(2,9(12)15-17)14-8(16)6-3-7(11)5-13-4-6/h3-5,17H,1-2H3,(H2,12,15)(H,14,16). The van der Waals surface area contributed by atoms with Crippen LogP contribution in [0.25, 0.3) is 0 Å². The van der Waals surface area contributed by atoms with Gasteiger partial charge in [-0.1, -0.05) is 5.16 Å². The molecule has 0 aromatic carbocycles. The normalized spacial score (nSPS) is 12.3. The average molecular weight is 301 g/mol. The molecule has 0 aliphatic rings. The third-order valence-electron chi connectivity index (χ3n) is 2.14. The Hall–Kier alpha value is -1.63. The van der Waals surface area contributed by atoms with Crippen molar-refractivity contribution in [1.29, 1.82) is 0 Å². The number of rotatable bonds is 3. The monoisotopic (exact) mass is 300 g/mol. The molecule has 0 bridgehead atoms. The van der Waals surface area contributed by atoms with Gasteiger partial charge in [0.05, 0.1) is 11.1 Å². The molecule has 17 heavy (non-hydrogen) atoms. The van der Waals surface area contributed by atoms with Crippen molar-refractivity contribution in [2.24, 2.45) is 10.9 Å². The summed E-state index contributed by atoms with van der Waals surface area (Å²) in [5, 5.41) is 14.1. The van der Waals surface area contributed by atoms with Crippen LogP contribution in [0.4, 0.5) is 0 Å². The lowest BCUT2D eigenvalue weighted by atomic mass is 10.0. The van der Waals surface area contributed by atoms with Crippen LogP contribution in [-0.2, 0) is 0 Å². The number of aromatic nitrogens is 1. The van der Waals surface area contributed by atoms with Gasteiger partial charge in [-0.05, 0) is 35.8 Å². The molecule has 0 aliphatic heterocycles. The molecule has 7 heteroatoms. The van der Waals surface area contributed by atoms with Gasteiger partial charge in [-0.25, -0.2) is 0 Å². The average Bonchev–Trinajstić information content (AvgIpc) is 2.27. The van der Waals surface area contributed by atoms with E-state index in [-0.39, 0.29) is 11.7 Å². The molecule has 0 aliphatic carbocycles. The minimum absolute atomic E-state index is 0.0752. The van der Waals surface area contributed by atoms with E-state index in [0.29, 0.717) is 10.0 Å². The minimum atomic E-state index is -0.936. The molecule has 1 heterocycles. The van der Waals surface area contributed by atoms with Gasteiger partial charge in [0.15, 0.2) is 5.84 Å². The molecule has 0 atom stereocenters. The highest BCUT2D eigenvalue weighted by Crippen LogP contribution is 2.11. The Labute approximate surface area is 107 Å². The Morgan fingerprint density at radius 3 is 2.76 bits per heavy atom. The van der Waals surface area contributed by atoms with E-state index in [9.17, 15) is 4.79 Å². The van der Waals surface area contributed by atoms with E-state index < -0.39 is 5.54 Å². The summed E-state index contributed by atoms with van der Waals surface area (Å²) in [6.45, 7) is 3.26. The number of nitrogens with two attached hydrogens (primary N) is 1. The smallest absolute Gasteiger partial charge is 0.253 e. The van der Waals surface area contributed by atoms with Crippen LogP contribution in [0.15, 0.2) is 28.1 Å². The second-order valence-corrected chi connectivity index (χ2v) is 4.87. The summed E-state index contributed by atoms with van der Waals surface area (Å²) >= 11 is 3.22. The molecular formula is C10H13BrN4O2. The summed E-state index contributed by atoms with van der Waals surface area (Å²) in [5.74, 6) is -0.427. The number of hydrogen-bond acceptors (Lipinski definition) is 4. The van der Waals surface area contributed by atoms with Gasteiger partial charge in [-0.15, -0.1) is 0 Å². The van der Waals surface area contributed by atoms with E-state index in [1.54, 1.807) is 26.1 Å². The Kier molecular flexibility index (Phi) is 4.06. The molecule has 4 N–H and O–H groups in total. The molecule has 1 aromatic rings. The Bertz CT molecular complexity index is 459. The predicted molar refractivity (Wildman–Crippen MR) is 66.9 cm³/mol. The van der Waals surface area contributed by atoms with Crippen LogP contribution in [0.3, 0.4) is 0 Å². The topological polar surface area (TPSA) is 101 Å². The summed E-state index contributed by atoms with van der Waals surface area (Å²) < 4.78 is 0.701.